The van der Waals surface area contributed by atoms with E-state index in [4.69, 9.17) is 15.2 Å². The van der Waals surface area contributed by atoms with Gasteiger partial charge in [-0.1, -0.05) is 24.3 Å². The maximum atomic E-state index is 14.3. The Balaban J connectivity index is 1.52. The van der Waals surface area contributed by atoms with Crippen LogP contribution in [0.3, 0.4) is 0 Å². The van der Waals surface area contributed by atoms with Crippen molar-refractivity contribution in [2.75, 3.05) is 39.5 Å². The van der Waals surface area contributed by atoms with E-state index in [-0.39, 0.29) is 28.7 Å². The molecule has 1 atom stereocenters. The van der Waals surface area contributed by atoms with Gasteiger partial charge in [-0.25, -0.2) is 23.8 Å². The molecule has 1 unspecified atom stereocenters. The van der Waals surface area contributed by atoms with Crippen LogP contribution >= 0.6 is 0 Å². The van der Waals surface area contributed by atoms with Gasteiger partial charge in [0.15, 0.2) is 5.65 Å². The van der Waals surface area contributed by atoms with Gasteiger partial charge in [-0.3, -0.25) is 4.79 Å². The number of carbonyl (C=O) groups is 1. The number of nitrogen functional groups attached to an aromatic ring is 1. The Morgan fingerprint density at radius 3 is 2.65 bits per heavy atom. The van der Waals surface area contributed by atoms with Gasteiger partial charge in [0.05, 0.1) is 17.3 Å². The highest BCUT2D eigenvalue weighted by molar-refractivity contribution is 5.99. The van der Waals surface area contributed by atoms with E-state index in [0.29, 0.717) is 48.2 Å². The third kappa shape index (κ3) is 5.10. The Labute approximate surface area is 245 Å². The summed E-state index contributed by atoms with van der Waals surface area (Å²) < 4.78 is 21.9. The second kappa shape index (κ2) is 11.0. The summed E-state index contributed by atoms with van der Waals surface area (Å²) in [4.78, 5) is 38.1. The minimum Gasteiger partial charge on any atom is -0.508 e. The van der Waals surface area contributed by atoms with Crippen LogP contribution in [0.15, 0.2) is 64.1 Å². The average molecular weight is 584 g/mol. The summed E-state index contributed by atoms with van der Waals surface area (Å²) in [5.41, 5.74) is 8.35. The van der Waals surface area contributed by atoms with Crippen LogP contribution in [0, 0.1) is 5.82 Å². The van der Waals surface area contributed by atoms with Crippen molar-refractivity contribution in [1.82, 2.24) is 29.5 Å². The van der Waals surface area contributed by atoms with Gasteiger partial charge >= 0.3 is 5.63 Å². The molecule has 3 aromatic heterocycles. The molecule has 0 bridgehead atoms. The smallest absolute Gasteiger partial charge is 0.343 e. The normalized spacial score (nSPS) is 14.4. The lowest BCUT2D eigenvalue weighted by atomic mass is 9.92. The molecular formula is C31H30FN7O4. The largest absolute Gasteiger partial charge is 0.508 e. The molecule has 1 aliphatic rings. The van der Waals surface area contributed by atoms with E-state index in [1.165, 1.54) is 18.5 Å². The lowest BCUT2D eigenvalue weighted by Gasteiger charge is -2.29. The van der Waals surface area contributed by atoms with Crippen LogP contribution in [0.4, 0.5) is 10.2 Å². The number of aromatic nitrogens is 4. The topological polar surface area (TPSA) is 144 Å². The van der Waals surface area contributed by atoms with E-state index in [1.807, 2.05) is 44.1 Å². The number of carbonyl (C=O) groups excluding carboxylic acids is 1. The Hall–Kier alpha value is -5.10. The second-order valence-corrected chi connectivity index (χ2v) is 10.9. The number of nitrogens with two attached hydrogens (primary N) is 1. The average Bonchev–Trinajstić information content (AvgIpc) is 3.37. The molecule has 1 aliphatic heterocycles. The van der Waals surface area contributed by atoms with Gasteiger partial charge in [0.2, 0.25) is 5.91 Å². The molecule has 0 spiro atoms. The summed E-state index contributed by atoms with van der Waals surface area (Å²) in [6, 6.07) is 10.2. The predicted molar refractivity (Wildman–Crippen MR) is 161 cm³/mol. The minimum absolute atomic E-state index is 0.0366. The molecule has 0 radical (unpaired) electrons. The number of phenolic OH excluding ortho intramolecular Hbond substituents is 1. The Bertz CT molecular complexity index is 1960. The minimum atomic E-state index is -0.672. The fourth-order valence-corrected chi connectivity index (χ4v) is 5.63. The number of nitrogens with zero attached hydrogens (tertiary/aromatic N) is 6. The van der Waals surface area contributed by atoms with Crippen molar-refractivity contribution in [2.45, 2.75) is 19.4 Å². The number of halogens is 1. The molecule has 3 N–H and O–H groups in total. The van der Waals surface area contributed by atoms with Crippen LogP contribution in [0.5, 0.6) is 5.75 Å². The molecule has 2 aromatic carbocycles. The molecular weight excluding hydrogens is 553 g/mol. The first-order chi connectivity index (χ1) is 20.6. The van der Waals surface area contributed by atoms with Gasteiger partial charge in [0, 0.05) is 30.3 Å². The van der Waals surface area contributed by atoms with Crippen molar-refractivity contribution < 1.29 is 18.7 Å². The number of benzene rings is 2. The number of phenols is 1. The van der Waals surface area contributed by atoms with E-state index in [1.54, 1.807) is 21.7 Å². The van der Waals surface area contributed by atoms with Crippen LogP contribution in [0.1, 0.15) is 30.7 Å². The van der Waals surface area contributed by atoms with Crippen molar-refractivity contribution in [3.8, 4) is 17.0 Å². The molecule has 12 heteroatoms. The molecule has 1 amide bonds. The van der Waals surface area contributed by atoms with Crippen LogP contribution < -0.4 is 11.4 Å². The monoisotopic (exact) mass is 583 g/mol. The SMILES string of the molecule is CC(c1oc(=O)c2ccccc2c1C1=CCN(C(=O)CN(C)C)CC1)n1nc(-c2cc(O)cc(F)c2)c2c(N)ncnc21. The Morgan fingerprint density at radius 1 is 1.19 bits per heavy atom. The van der Waals surface area contributed by atoms with Crippen molar-refractivity contribution in [1.29, 1.82) is 0 Å². The second-order valence-electron chi connectivity index (χ2n) is 10.9. The third-order valence-electron chi connectivity index (χ3n) is 7.62. The van der Waals surface area contributed by atoms with Crippen molar-refractivity contribution >= 4 is 39.1 Å². The van der Waals surface area contributed by atoms with Gasteiger partial charge in [0.25, 0.3) is 0 Å². The fraction of sp³-hybridized carbons (Fsp3) is 0.258. The molecule has 5 aromatic rings. The summed E-state index contributed by atoms with van der Waals surface area (Å²) in [6.07, 6.45) is 3.85. The van der Waals surface area contributed by atoms with Gasteiger partial charge < -0.3 is 25.1 Å². The number of anilines is 1. The molecule has 11 nitrogen and oxygen atoms in total. The predicted octanol–water partition coefficient (Wildman–Crippen LogP) is 3.81. The van der Waals surface area contributed by atoms with Crippen molar-refractivity contribution in [3.63, 3.8) is 0 Å². The van der Waals surface area contributed by atoms with E-state index in [9.17, 15) is 19.1 Å². The number of hydrogen-bond acceptors (Lipinski definition) is 9. The Morgan fingerprint density at radius 2 is 1.95 bits per heavy atom. The molecule has 220 valence electrons. The molecule has 0 saturated carbocycles. The van der Waals surface area contributed by atoms with E-state index < -0.39 is 17.5 Å². The highest BCUT2D eigenvalue weighted by Crippen LogP contribution is 2.38. The lowest BCUT2D eigenvalue weighted by molar-refractivity contribution is -0.131. The highest BCUT2D eigenvalue weighted by Gasteiger charge is 2.29. The highest BCUT2D eigenvalue weighted by atomic mass is 19.1. The number of rotatable bonds is 6. The van der Waals surface area contributed by atoms with Gasteiger partial charge in [-0.05, 0) is 56.6 Å². The molecule has 0 aliphatic carbocycles. The molecule has 43 heavy (non-hydrogen) atoms. The van der Waals surface area contributed by atoms with Gasteiger partial charge in [-0.2, -0.15) is 5.10 Å². The summed E-state index contributed by atoms with van der Waals surface area (Å²) in [6.45, 7) is 3.08. The zero-order chi connectivity index (χ0) is 30.4. The van der Waals surface area contributed by atoms with E-state index >= 15 is 0 Å². The zero-order valence-corrected chi connectivity index (χ0v) is 23.9. The summed E-state index contributed by atoms with van der Waals surface area (Å²) in [5, 5.41) is 16.4. The van der Waals surface area contributed by atoms with Crippen LogP contribution in [0.25, 0.3) is 38.6 Å². The lowest BCUT2D eigenvalue weighted by Crippen LogP contribution is -2.40. The number of fused-ring (bicyclic) bond motifs is 2. The number of amides is 1. The number of aromatic hydroxyl groups is 1. The maximum absolute atomic E-state index is 14.3. The summed E-state index contributed by atoms with van der Waals surface area (Å²) in [7, 11) is 3.71. The van der Waals surface area contributed by atoms with Crippen molar-refractivity contribution in [3.05, 3.63) is 82.4 Å². The quantitative estimate of drug-likeness (QED) is 0.305. The summed E-state index contributed by atoms with van der Waals surface area (Å²) in [5.74, 6) is -0.398. The van der Waals surface area contributed by atoms with Crippen LogP contribution in [-0.2, 0) is 4.79 Å². The van der Waals surface area contributed by atoms with Crippen molar-refractivity contribution in [2.24, 2.45) is 0 Å². The first kappa shape index (κ1) is 28.0. The first-order valence-corrected chi connectivity index (χ1v) is 13.8. The van der Waals surface area contributed by atoms with Crippen LogP contribution in [0.2, 0.25) is 0 Å². The first-order valence-electron chi connectivity index (χ1n) is 13.8. The zero-order valence-electron chi connectivity index (χ0n) is 23.9. The number of likely N-dealkylation sites (N-methyl/N-ethyl adjacent to an activating group) is 1. The Kier molecular flexibility index (Phi) is 7.14. The standard InChI is InChI=1S/C31H30FN7O4/c1-17(39-30-26(29(33)34-16-35-30)27(36-39)19-12-20(32)14-21(40)13-19)28-25(22-6-4-5-7-23(22)31(42)43-28)18-8-10-38(11-9-18)24(41)15-37(2)3/h4-8,12-14,16-17,40H,9-11,15H2,1-3H3,(H2,33,34,35). The molecule has 0 fully saturated rings. The van der Waals surface area contributed by atoms with E-state index in [2.05, 4.69) is 9.97 Å². The van der Waals surface area contributed by atoms with Gasteiger partial charge in [-0.15, -0.1) is 0 Å². The van der Waals surface area contributed by atoms with E-state index in [0.717, 1.165) is 22.6 Å². The molecule has 6 rings (SSSR count). The third-order valence-corrected chi connectivity index (χ3v) is 7.62. The van der Waals surface area contributed by atoms with Crippen LogP contribution in [-0.4, -0.2) is 74.3 Å². The number of hydrogen-bond donors (Lipinski definition) is 2. The maximum Gasteiger partial charge on any atom is 0.343 e. The van der Waals surface area contributed by atoms with Gasteiger partial charge in [0.1, 0.15) is 41.2 Å². The summed E-state index contributed by atoms with van der Waals surface area (Å²) >= 11 is 0. The molecule has 4 heterocycles. The molecule has 0 saturated heterocycles. The fourth-order valence-electron chi connectivity index (χ4n) is 5.63.